The van der Waals surface area contributed by atoms with Crippen LogP contribution in [0, 0.1) is 5.92 Å². The molecule has 3 N–H and O–H groups in total. The van der Waals surface area contributed by atoms with E-state index in [1.807, 2.05) is 0 Å². The van der Waals surface area contributed by atoms with Crippen molar-refractivity contribution in [2.75, 3.05) is 24.5 Å². The summed E-state index contributed by atoms with van der Waals surface area (Å²) in [6.45, 7) is 5.73. The van der Waals surface area contributed by atoms with Crippen molar-refractivity contribution in [3.63, 3.8) is 0 Å². The maximum atomic E-state index is 11.3. The lowest BCUT2D eigenvalue weighted by Crippen LogP contribution is -2.28. The Bertz CT molecular complexity index is 433. The fourth-order valence-electron chi connectivity index (χ4n) is 2.58. The molecule has 1 aliphatic rings. The minimum Gasteiger partial charge on any atom is -0.370 e. The average molecular weight is 261 g/mol. The fraction of sp³-hybridized carbons (Fsp3) is 0.533. The predicted molar refractivity (Wildman–Crippen MR) is 78.0 cm³/mol. The van der Waals surface area contributed by atoms with Gasteiger partial charge >= 0.3 is 0 Å². The van der Waals surface area contributed by atoms with Crippen molar-refractivity contribution in [3.05, 3.63) is 29.8 Å². The van der Waals surface area contributed by atoms with Gasteiger partial charge in [-0.05, 0) is 31.0 Å². The number of hydrogen-bond donors (Lipinski definition) is 2. The van der Waals surface area contributed by atoms with Crippen LogP contribution in [0.3, 0.4) is 0 Å². The van der Waals surface area contributed by atoms with Crippen molar-refractivity contribution >= 4 is 11.6 Å². The van der Waals surface area contributed by atoms with E-state index in [0.717, 1.165) is 39.0 Å². The van der Waals surface area contributed by atoms with Crippen LogP contribution < -0.4 is 16.0 Å². The molecule has 1 heterocycles. The molecule has 0 saturated carbocycles. The summed E-state index contributed by atoms with van der Waals surface area (Å²) in [5.74, 6) is -0.180. The second kappa shape index (κ2) is 6.57. The maximum Gasteiger partial charge on any atom is 0.222 e. The monoisotopic (exact) mass is 261 g/mol. The SMILES string of the molecule is CCCNCc1ccccc1N1CCC(C(N)=O)C1. The van der Waals surface area contributed by atoms with Crippen molar-refractivity contribution in [3.8, 4) is 0 Å². The van der Waals surface area contributed by atoms with Gasteiger partial charge in [-0.2, -0.15) is 0 Å². The van der Waals surface area contributed by atoms with Crippen LogP contribution in [-0.4, -0.2) is 25.5 Å². The summed E-state index contributed by atoms with van der Waals surface area (Å²) in [6.07, 6.45) is 2.00. The molecule has 1 fully saturated rings. The molecule has 2 rings (SSSR count). The van der Waals surface area contributed by atoms with E-state index in [1.165, 1.54) is 11.3 Å². The molecule has 1 aromatic rings. The van der Waals surface area contributed by atoms with E-state index in [-0.39, 0.29) is 11.8 Å². The Morgan fingerprint density at radius 1 is 1.47 bits per heavy atom. The molecule has 104 valence electrons. The van der Waals surface area contributed by atoms with Gasteiger partial charge in [-0.15, -0.1) is 0 Å². The molecule has 0 bridgehead atoms. The topological polar surface area (TPSA) is 58.4 Å². The number of carbonyl (C=O) groups is 1. The van der Waals surface area contributed by atoms with E-state index in [4.69, 9.17) is 5.73 Å². The molecular formula is C15H23N3O. The summed E-state index contributed by atoms with van der Waals surface area (Å²) < 4.78 is 0. The second-order valence-corrected chi connectivity index (χ2v) is 5.14. The Balaban J connectivity index is 2.05. The highest BCUT2D eigenvalue weighted by Gasteiger charge is 2.27. The van der Waals surface area contributed by atoms with Crippen LogP contribution in [0.15, 0.2) is 24.3 Å². The van der Waals surface area contributed by atoms with Crippen molar-refractivity contribution in [1.82, 2.24) is 5.32 Å². The Morgan fingerprint density at radius 3 is 2.95 bits per heavy atom. The highest BCUT2D eigenvalue weighted by Crippen LogP contribution is 2.26. The van der Waals surface area contributed by atoms with Crippen LogP contribution in [-0.2, 0) is 11.3 Å². The van der Waals surface area contributed by atoms with E-state index in [2.05, 4.69) is 41.4 Å². The third kappa shape index (κ3) is 3.47. The van der Waals surface area contributed by atoms with Gasteiger partial charge in [0.2, 0.25) is 5.91 Å². The molecule has 1 aliphatic heterocycles. The van der Waals surface area contributed by atoms with Gasteiger partial charge in [-0.3, -0.25) is 4.79 Å². The van der Waals surface area contributed by atoms with Gasteiger partial charge < -0.3 is 16.0 Å². The first-order chi connectivity index (χ1) is 9.22. The molecular weight excluding hydrogens is 238 g/mol. The fourth-order valence-corrected chi connectivity index (χ4v) is 2.58. The first-order valence-electron chi connectivity index (χ1n) is 7.05. The molecule has 4 nitrogen and oxygen atoms in total. The van der Waals surface area contributed by atoms with E-state index in [0.29, 0.717) is 0 Å². The summed E-state index contributed by atoms with van der Waals surface area (Å²) in [5, 5.41) is 3.43. The molecule has 4 heteroatoms. The number of hydrogen-bond acceptors (Lipinski definition) is 3. The first kappa shape index (κ1) is 13.9. The van der Waals surface area contributed by atoms with Crippen LogP contribution in [0.25, 0.3) is 0 Å². The van der Waals surface area contributed by atoms with Gasteiger partial charge in [0.25, 0.3) is 0 Å². The van der Waals surface area contributed by atoms with Gasteiger partial charge in [0.15, 0.2) is 0 Å². The molecule has 0 aliphatic carbocycles. The Hall–Kier alpha value is -1.55. The number of nitrogens with zero attached hydrogens (tertiary/aromatic N) is 1. The highest BCUT2D eigenvalue weighted by atomic mass is 16.1. The summed E-state index contributed by atoms with van der Waals surface area (Å²) in [6, 6.07) is 8.40. The zero-order chi connectivity index (χ0) is 13.7. The molecule has 0 radical (unpaired) electrons. The number of rotatable bonds is 6. The van der Waals surface area contributed by atoms with Gasteiger partial charge in [-0.1, -0.05) is 25.1 Å². The molecule has 1 atom stereocenters. The van der Waals surface area contributed by atoms with Crippen LogP contribution in [0.2, 0.25) is 0 Å². The van der Waals surface area contributed by atoms with Crippen LogP contribution in [0.1, 0.15) is 25.3 Å². The average Bonchev–Trinajstić information content (AvgIpc) is 2.89. The quantitative estimate of drug-likeness (QED) is 0.763. The third-order valence-corrected chi connectivity index (χ3v) is 3.67. The highest BCUT2D eigenvalue weighted by molar-refractivity contribution is 5.78. The Labute approximate surface area is 115 Å². The minimum absolute atomic E-state index is 0.00310. The van der Waals surface area contributed by atoms with E-state index in [9.17, 15) is 4.79 Å². The number of para-hydroxylation sites is 1. The number of primary amides is 1. The molecule has 0 aromatic heterocycles. The minimum atomic E-state index is -0.177. The lowest BCUT2D eigenvalue weighted by molar-refractivity contribution is -0.121. The number of benzene rings is 1. The van der Waals surface area contributed by atoms with Gasteiger partial charge in [-0.25, -0.2) is 0 Å². The number of amides is 1. The third-order valence-electron chi connectivity index (χ3n) is 3.67. The van der Waals surface area contributed by atoms with Gasteiger partial charge in [0, 0.05) is 25.3 Å². The number of carbonyl (C=O) groups excluding carboxylic acids is 1. The summed E-state index contributed by atoms with van der Waals surface area (Å²) in [7, 11) is 0. The summed E-state index contributed by atoms with van der Waals surface area (Å²) >= 11 is 0. The molecule has 1 amide bonds. The molecule has 1 aromatic carbocycles. The van der Waals surface area contributed by atoms with Crippen molar-refractivity contribution < 1.29 is 4.79 Å². The lowest BCUT2D eigenvalue weighted by atomic mass is 10.1. The van der Waals surface area contributed by atoms with E-state index >= 15 is 0 Å². The second-order valence-electron chi connectivity index (χ2n) is 5.14. The summed E-state index contributed by atoms with van der Waals surface area (Å²) in [4.78, 5) is 13.5. The largest absolute Gasteiger partial charge is 0.370 e. The standard InChI is InChI=1S/C15H23N3O/c1-2-8-17-10-12-5-3-4-6-14(12)18-9-7-13(11-18)15(16)19/h3-6,13,17H,2,7-11H2,1H3,(H2,16,19). The number of nitrogens with one attached hydrogen (secondary N) is 1. The predicted octanol–water partition coefficient (Wildman–Crippen LogP) is 1.50. The molecule has 19 heavy (non-hydrogen) atoms. The van der Waals surface area contributed by atoms with Gasteiger partial charge in [0.1, 0.15) is 0 Å². The smallest absolute Gasteiger partial charge is 0.222 e. The van der Waals surface area contributed by atoms with Crippen molar-refractivity contribution in [2.24, 2.45) is 11.7 Å². The van der Waals surface area contributed by atoms with Crippen LogP contribution >= 0.6 is 0 Å². The number of nitrogens with two attached hydrogens (primary N) is 1. The molecule has 1 saturated heterocycles. The Kier molecular flexibility index (Phi) is 4.80. The van der Waals surface area contributed by atoms with Gasteiger partial charge in [0.05, 0.1) is 5.92 Å². The zero-order valence-corrected chi connectivity index (χ0v) is 11.6. The lowest BCUT2D eigenvalue weighted by Gasteiger charge is -2.22. The molecule has 0 spiro atoms. The van der Waals surface area contributed by atoms with Crippen molar-refractivity contribution in [1.29, 1.82) is 0 Å². The molecule has 1 unspecified atom stereocenters. The summed E-state index contributed by atoms with van der Waals surface area (Å²) in [5.41, 5.74) is 7.92. The van der Waals surface area contributed by atoms with Crippen molar-refractivity contribution in [2.45, 2.75) is 26.3 Å². The zero-order valence-electron chi connectivity index (χ0n) is 11.6. The van der Waals surface area contributed by atoms with Crippen LogP contribution in [0.4, 0.5) is 5.69 Å². The normalized spacial score (nSPS) is 18.8. The van der Waals surface area contributed by atoms with E-state index < -0.39 is 0 Å². The number of anilines is 1. The van der Waals surface area contributed by atoms with Crippen LogP contribution in [0.5, 0.6) is 0 Å². The van der Waals surface area contributed by atoms with E-state index in [1.54, 1.807) is 0 Å². The first-order valence-corrected chi connectivity index (χ1v) is 7.05. The Morgan fingerprint density at radius 2 is 2.26 bits per heavy atom. The maximum absolute atomic E-state index is 11.3.